The van der Waals surface area contributed by atoms with E-state index in [1.165, 1.54) is 0 Å². The molecular weight excluding hydrogens is 268 g/mol. The summed E-state index contributed by atoms with van der Waals surface area (Å²) in [6.07, 6.45) is 6.00. The van der Waals surface area contributed by atoms with Crippen LogP contribution in [0.4, 0.5) is 5.82 Å². The van der Waals surface area contributed by atoms with Crippen LogP contribution in [-0.2, 0) is 13.0 Å². The van der Waals surface area contributed by atoms with E-state index >= 15 is 0 Å². The Morgan fingerprint density at radius 2 is 2.29 bits per heavy atom. The molecule has 0 aliphatic rings. The monoisotopic (exact) mass is 288 g/mol. The second kappa shape index (κ2) is 7.37. The predicted molar refractivity (Wildman–Crippen MR) is 79.6 cm³/mol. The number of aryl methyl sites for hydroxylation is 2. The molecule has 112 valence electrons. The third-order valence-corrected chi connectivity index (χ3v) is 2.99. The number of rotatable bonds is 7. The van der Waals surface area contributed by atoms with Crippen molar-refractivity contribution in [2.24, 2.45) is 0 Å². The molecule has 2 rings (SSSR count). The summed E-state index contributed by atoms with van der Waals surface area (Å²) < 4.78 is 1.73. The van der Waals surface area contributed by atoms with Gasteiger partial charge >= 0.3 is 0 Å². The number of nitrogens with zero attached hydrogens (tertiary/aromatic N) is 4. The minimum Gasteiger partial charge on any atom is -0.384 e. The fourth-order valence-electron chi connectivity index (χ4n) is 2.02. The quantitative estimate of drug-likeness (QED) is 0.741. The minimum atomic E-state index is -0.125. The van der Waals surface area contributed by atoms with Crippen LogP contribution in [-0.4, -0.2) is 32.4 Å². The smallest absolute Gasteiger partial charge is 0.251 e. The Morgan fingerprint density at radius 1 is 1.43 bits per heavy atom. The summed E-state index contributed by atoms with van der Waals surface area (Å²) in [5, 5.41) is 10.5. The molecule has 7 heteroatoms. The summed E-state index contributed by atoms with van der Waals surface area (Å²) >= 11 is 0. The zero-order valence-electron chi connectivity index (χ0n) is 12.1. The van der Waals surface area contributed by atoms with Crippen LogP contribution in [0.25, 0.3) is 0 Å². The number of amides is 1. The topological polar surface area (TPSA) is 98.7 Å². The Morgan fingerprint density at radius 3 is 3.00 bits per heavy atom. The van der Waals surface area contributed by atoms with Crippen molar-refractivity contribution in [3.05, 3.63) is 35.8 Å². The lowest BCUT2D eigenvalue weighted by atomic mass is 10.1. The van der Waals surface area contributed by atoms with Gasteiger partial charge in [-0.25, -0.2) is 4.98 Å². The number of carbonyl (C=O) groups excluding carboxylic acids is 1. The number of hydrogen-bond acceptors (Lipinski definition) is 5. The first kappa shape index (κ1) is 15.0. The fourth-order valence-corrected chi connectivity index (χ4v) is 2.02. The molecule has 0 aliphatic heterocycles. The summed E-state index contributed by atoms with van der Waals surface area (Å²) in [6, 6.07) is 3.40. The van der Waals surface area contributed by atoms with Crippen LogP contribution in [0, 0.1) is 0 Å². The molecule has 0 unspecified atom stereocenters. The van der Waals surface area contributed by atoms with Gasteiger partial charge in [0.05, 0.1) is 6.20 Å². The lowest BCUT2D eigenvalue weighted by molar-refractivity contribution is 0.0952. The summed E-state index contributed by atoms with van der Waals surface area (Å²) in [5.41, 5.74) is 7.15. The van der Waals surface area contributed by atoms with Crippen LogP contribution in [0.5, 0.6) is 0 Å². The standard InChI is InChI=1S/C14H20N6O/c1-2-4-12-9-11(10-13(15)18-12)14(21)16-5-3-7-20-8-6-17-19-20/h6,8-10H,2-5,7H2,1H3,(H2,15,18)(H,16,21). The van der Waals surface area contributed by atoms with Crippen LogP contribution >= 0.6 is 0 Å². The van der Waals surface area contributed by atoms with E-state index in [1.54, 1.807) is 29.2 Å². The van der Waals surface area contributed by atoms with Gasteiger partial charge in [0, 0.05) is 30.5 Å². The van der Waals surface area contributed by atoms with Crippen molar-refractivity contribution in [3.63, 3.8) is 0 Å². The molecule has 2 aromatic heterocycles. The maximum Gasteiger partial charge on any atom is 0.251 e. The van der Waals surface area contributed by atoms with Crippen molar-refractivity contribution in [2.45, 2.75) is 32.7 Å². The van der Waals surface area contributed by atoms with E-state index < -0.39 is 0 Å². The molecule has 0 saturated heterocycles. The van der Waals surface area contributed by atoms with Crippen molar-refractivity contribution < 1.29 is 4.79 Å². The van der Waals surface area contributed by atoms with Crippen LogP contribution in [0.3, 0.4) is 0 Å². The van der Waals surface area contributed by atoms with Gasteiger partial charge in [-0.05, 0) is 25.0 Å². The minimum absolute atomic E-state index is 0.125. The van der Waals surface area contributed by atoms with Gasteiger partial charge in [0.2, 0.25) is 0 Å². The first-order chi connectivity index (χ1) is 10.2. The molecule has 0 bridgehead atoms. The second-order valence-electron chi connectivity index (χ2n) is 4.80. The SMILES string of the molecule is CCCc1cc(C(=O)NCCCn2ccnn2)cc(N)n1. The van der Waals surface area contributed by atoms with E-state index in [0.29, 0.717) is 17.9 Å². The molecule has 0 saturated carbocycles. The molecule has 2 heterocycles. The highest BCUT2D eigenvalue weighted by molar-refractivity contribution is 5.94. The molecule has 0 fully saturated rings. The first-order valence-electron chi connectivity index (χ1n) is 7.07. The van der Waals surface area contributed by atoms with Gasteiger partial charge in [-0.1, -0.05) is 18.6 Å². The van der Waals surface area contributed by atoms with Crippen molar-refractivity contribution in [2.75, 3.05) is 12.3 Å². The Labute approximate surface area is 123 Å². The third-order valence-electron chi connectivity index (χ3n) is 2.99. The number of aromatic nitrogens is 4. The van der Waals surface area contributed by atoms with Crippen LogP contribution in [0.15, 0.2) is 24.5 Å². The Kier molecular flexibility index (Phi) is 5.25. The molecule has 0 aromatic carbocycles. The molecule has 0 radical (unpaired) electrons. The van der Waals surface area contributed by atoms with E-state index in [0.717, 1.165) is 31.5 Å². The molecule has 0 spiro atoms. The fraction of sp³-hybridized carbons (Fsp3) is 0.429. The molecular formula is C14H20N6O. The Hall–Kier alpha value is -2.44. The molecule has 21 heavy (non-hydrogen) atoms. The Balaban J connectivity index is 1.85. The number of anilines is 1. The van der Waals surface area contributed by atoms with Crippen molar-refractivity contribution in [1.29, 1.82) is 0 Å². The van der Waals surface area contributed by atoms with E-state index in [4.69, 9.17) is 5.73 Å². The van der Waals surface area contributed by atoms with E-state index in [1.807, 2.05) is 0 Å². The maximum absolute atomic E-state index is 12.1. The molecule has 2 aromatic rings. The highest BCUT2D eigenvalue weighted by Crippen LogP contribution is 2.09. The third kappa shape index (κ3) is 4.55. The normalized spacial score (nSPS) is 10.5. The van der Waals surface area contributed by atoms with E-state index in [9.17, 15) is 4.79 Å². The molecule has 3 N–H and O–H groups in total. The molecule has 1 amide bonds. The van der Waals surface area contributed by atoms with Crippen LogP contribution in [0.2, 0.25) is 0 Å². The number of nitrogens with two attached hydrogens (primary N) is 1. The largest absolute Gasteiger partial charge is 0.384 e. The van der Waals surface area contributed by atoms with Gasteiger partial charge in [-0.15, -0.1) is 5.10 Å². The number of nitrogen functional groups attached to an aromatic ring is 1. The van der Waals surface area contributed by atoms with Gasteiger partial charge in [0.25, 0.3) is 5.91 Å². The number of pyridine rings is 1. The van der Waals surface area contributed by atoms with Crippen molar-refractivity contribution in [1.82, 2.24) is 25.3 Å². The average molecular weight is 288 g/mol. The van der Waals surface area contributed by atoms with Crippen LogP contribution in [0.1, 0.15) is 35.8 Å². The molecule has 0 atom stereocenters. The number of hydrogen-bond donors (Lipinski definition) is 2. The van der Waals surface area contributed by atoms with E-state index in [2.05, 4.69) is 27.5 Å². The average Bonchev–Trinajstić information content (AvgIpc) is 2.96. The zero-order chi connectivity index (χ0) is 15.1. The van der Waals surface area contributed by atoms with Crippen molar-refractivity contribution >= 4 is 11.7 Å². The van der Waals surface area contributed by atoms with Gasteiger partial charge in [0.1, 0.15) is 5.82 Å². The molecule has 0 aliphatic carbocycles. The predicted octanol–water partition coefficient (Wildman–Crippen LogP) is 1.03. The van der Waals surface area contributed by atoms with Crippen molar-refractivity contribution in [3.8, 4) is 0 Å². The van der Waals surface area contributed by atoms with Gasteiger partial charge in [0.15, 0.2) is 0 Å². The van der Waals surface area contributed by atoms with Gasteiger partial charge in [-0.3, -0.25) is 9.48 Å². The lowest BCUT2D eigenvalue weighted by Crippen LogP contribution is -2.25. The highest BCUT2D eigenvalue weighted by atomic mass is 16.1. The van der Waals surface area contributed by atoms with Crippen LogP contribution < -0.4 is 11.1 Å². The summed E-state index contributed by atoms with van der Waals surface area (Å²) in [7, 11) is 0. The van der Waals surface area contributed by atoms with Gasteiger partial charge in [-0.2, -0.15) is 0 Å². The van der Waals surface area contributed by atoms with Gasteiger partial charge < -0.3 is 11.1 Å². The second-order valence-corrected chi connectivity index (χ2v) is 4.80. The molecule has 7 nitrogen and oxygen atoms in total. The highest BCUT2D eigenvalue weighted by Gasteiger charge is 2.08. The number of nitrogens with one attached hydrogen (secondary N) is 1. The number of carbonyl (C=O) groups is 1. The maximum atomic E-state index is 12.1. The zero-order valence-corrected chi connectivity index (χ0v) is 12.1. The summed E-state index contributed by atoms with van der Waals surface area (Å²) in [5.74, 6) is 0.258. The van der Waals surface area contributed by atoms with E-state index in [-0.39, 0.29) is 5.91 Å². The Bertz CT molecular complexity index is 581. The first-order valence-corrected chi connectivity index (χ1v) is 7.07. The summed E-state index contributed by atoms with van der Waals surface area (Å²) in [6.45, 7) is 3.36. The summed E-state index contributed by atoms with van der Waals surface area (Å²) in [4.78, 5) is 16.3. The lowest BCUT2D eigenvalue weighted by Gasteiger charge is -2.07.